The van der Waals surface area contributed by atoms with E-state index < -0.39 is 0 Å². The van der Waals surface area contributed by atoms with Gasteiger partial charge in [0.25, 0.3) is 0 Å². The van der Waals surface area contributed by atoms with Crippen LogP contribution in [-0.2, 0) is 37.0 Å². The van der Waals surface area contributed by atoms with Gasteiger partial charge in [-0.2, -0.15) is 0 Å². The molecule has 8 fully saturated rings. The molecule has 0 amide bonds. The number of aryl methyl sites for hydroxylation is 2. The molecule has 0 unspecified atom stereocenters. The molecule has 1 aromatic heterocycles. The van der Waals surface area contributed by atoms with Gasteiger partial charge in [0.2, 0.25) is 0 Å². The van der Waals surface area contributed by atoms with E-state index in [1.165, 1.54) is 99.3 Å². The van der Waals surface area contributed by atoms with Crippen molar-refractivity contribution >= 4 is 0 Å². The average Bonchev–Trinajstić information content (AvgIpc) is 3.21. The van der Waals surface area contributed by atoms with Crippen LogP contribution in [0.2, 0.25) is 0 Å². The summed E-state index contributed by atoms with van der Waals surface area (Å²) in [4.78, 5) is 5.54. The minimum Gasteiger partial charge on any atom is -0.872 e. The second-order valence-electron chi connectivity index (χ2n) is 22.1. The molecule has 63 heavy (non-hydrogen) atoms. The quantitative estimate of drug-likeness (QED) is 0.146. The van der Waals surface area contributed by atoms with Crippen molar-refractivity contribution in [1.29, 1.82) is 0 Å². The van der Waals surface area contributed by atoms with Crippen LogP contribution in [-0.4, -0.2) is 4.98 Å². The minimum absolute atomic E-state index is 0. The van der Waals surface area contributed by atoms with Crippen molar-refractivity contribution in [3.05, 3.63) is 127 Å². The maximum absolute atomic E-state index is 15.1. The van der Waals surface area contributed by atoms with Crippen molar-refractivity contribution in [2.45, 2.75) is 141 Å². The third kappa shape index (κ3) is 7.83. The molecular weight excluding hydrogens is 846 g/mol. The average molecular weight is 915 g/mol. The van der Waals surface area contributed by atoms with Gasteiger partial charge in [-0.05, 0) is 218 Å². The maximum Gasteiger partial charge on any atom is 4.00 e. The van der Waals surface area contributed by atoms with Gasteiger partial charge in [-0.3, -0.25) is 0 Å². The monoisotopic (exact) mass is 913 g/mol. The molecule has 8 saturated carbocycles. The van der Waals surface area contributed by atoms with Gasteiger partial charge in [-0.1, -0.05) is 105 Å². The zero-order chi connectivity index (χ0) is 41.2. The summed E-state index contributed by atoms with van der Waals surface area (Å²) in [5, 5.41) is 30.1. The largest absolute Gasteiger partial charge is 4.00 e. The van der Waals surface area contributed by atoms with Crippen LogP contribution < -0.4 is 10.2 Å². The minimum atomic E-state index is 0. The molecule has 0 saturated heterocycles. The number of hydrogen-bond donors (Lipinski definition) is 0. The smallest absolute Gasteiger partial charge is 0.872 e. The molecule has 8 bridgehead atoms. The molecule has 0 spiro atoms. The zero-order valence-corrected chi connectivity index (χ0v) is 41.8. The maximum atomic E-state index is 15.1. The van der Waals surface area contributed by atoms with Crippen LogP contribution in [0.3, 0.4) is 0 Å². The van der Waals surface area contributed by atoms with E-state index in [1.807, 2.05) is 0 Å². The molecule has 4 aromatic carbocycles. The van der Waals surface area contributed by atoms with E-state index in [4.69, 9.17) is 4.98 Å². The molecule has 1 heterocycles. The van der Waals surface area contributed by atoms with Crippen molar-refractivity contribution in [2.24, 2.45) is 35.5 Å². The van der Waals surface area contributed by atoms with E-state index in [-0.39, 0.29) is 63.4 Å². The predicted octanol–water partition coefficient (Wildman–Crippen LogP) is 14.6. The van der Waals surface area contributed by atoms with Crippen LogP contribution in [0.1, 0.15) is 150 Å². The second kappa shape index (κ2) is 17.1. The van der Waals surface area contributed by atoms with Crippen LogP contribution in [0.15, 0.2) is 78.9 Å². The van der Waals surface area contributed by atoms with Gasteiger partial charge in [-0.15, -0.1) is 0 Å². The molecule has 8 aliphatic carbocycles. The molecule has 0 N–H and O–H groups in total. The van der Waals surface area contributed by atoms with E-state index in [9.17, 15) is 0 Å². The molecule has 5 aromatic rings. The predicted molar refractivity (Wildman–Crippen MR) is 255 cm³/mol. The fourth-order valence-electron chi connectivity index (χ4n) is 15.1. The zero-order valence-electron chi connectivity index (χ0n) is 39.4. The van der Waals surface area contributed by atoms with Crippen molar-refractivity contribution in [2.75, 3.05) is 0 Å². The summed E-state index contributed by atoms with van der Waals surface area (Å²) in [6.45, 7) is 13.3. The number of rotatable bonds is 8. The Hall–Kier alpha value is -3.49. The SMILES string of the molecule is Cc1cc(-c2ccc(C(C)C)cc2-c2cccc(-c3cc(C(C)C)ccc3-c3cc(C)cc(C45CC6CC(CC(C6)C4)C5)c3[O-])n2)c([O-])c(C23CC4CC(CC(C4)C2)C3)c1.[CH3-].[CH3-].[Zr+4]. The van der Waals surface area contributed by atoms with Crippen molar-refractivity contribution in [3.8, 4) is 56.3 Å². The van der Waals surface area contributed by atoms with Crippen molar-refractivity contribution in [1.82, 2.24) is 4.98 Å². The van der Waals surface area contributed by atoms with Gasteiger partial charge in [0, 0.05) is 11.1 Å². The van der Waals surface area contributed by atoms with Gasteiger partial charge in [0.15, 0.2) is 0 Å². The molecule has 3 nitrogen and oxygen atoms in total. The van der Waals surface area contributed by atoms with Crippen LogP contribution in [0.4, 0.5) is 0 Å². The van der Waals surface area contributed by atoms with E-state index in [2.05, 4.69) is 120 Å². The van der Waals surface area contributed by atoms with E-state index in [0.29, 0.717) is 11.8 Å². The molecule has 0 aliphatic heterocycles. The third-order valence-corrected chi connectivity index (χ3v) is 17.0. The summed E-state index contributed by atoms with van der Waals surface area (Å²) < 4.78 is 0. The number of aromatic nitrogens is 1. The Kier molecular flexibility index (Phi) is 12.5. The van der Waals surface area contributed by atoms with Gasteiger partial charge >= 0.3 is 26.2 Å². The van der Waals surface area contributed by atoms with E-state index in [0.717, 1.165) is 91.4 Å². The van der Waals surface area contributed by atoms with E-state index in [1.54, 1.807) is 0 Å². The molecule has 326 valence electrons. The Balaban J connectivity index is 0.00000181. The third-order valence-electron chi connectivity index (χ3n) is 17.0. The molecule has 4 heteroatoms. The summed E-state index contributed by atoms with van der Waals surface area (Å²) in [6.07, 6.45) is 15.2. The Labute approximate surface area is 399 Å². The van der Waals surface area contributed by atoms with Crippen LogP contribution in [0.25, 0.3) is 44.8 Å². The van der Waals surface area contributed by atoms with Crippen LogP contribution in [0, 0.1) is 64.2 Å². The van der Waals surface area contributed by atoms with Gasteiger partial charge in [0.1, 0.15) is 0 Å². The molecule has 0 radical (unpaired) electrons. The summed E-state index contributed by atoms with van der Waals surface area (Å²) in [7, 11) is 0. The fourth-order valence-corrected chi connectivity index (χ4v) is 15.1. The van der Waals surface area contributed by atoms with Gasteiger partial charge in [-0.25, -0.2) is 4.98 Å². The number of pyridine rings is 1. The topological polar surface area (TPSA) is 59.0 Å². The van der Waals surface area contributed by atoms with Crippen LogP contribution in [0.5, 0.6) is 11.5 Å². The Bertz CT molecular complexity index is 2290. The Morgan fingerprint density at radius 1 is 0.460 bits per heavy atom. The molecular formula is C59H69NO2Zr. The van der Waals surface area contributed by atoms with Gasteiger partial charge in [0.05, 0.1) is 11.4 Å². The van der Waals surface area contributed by atoms with Gasteiger partial charge < -0.3 is 25.1 Å². The van der Waals surface area contributed by atoms with Crippen molar-refractivity contribution < 1.29 is 36.4 Å². The first-order valence-corrected chi connectivity index (χ1v) is 23.7. The first kappa shape index (κ1) is 46.1. The summed E-state index contributed by atoms with van der Waals surface area (Å²) >= 11 is 0. The molecule has 13 rings (SSSR count). The number of benzene rings is 4. The van der Waals surface area contributed by atoms with E-state index >= 15 is 10.2 Å². The normalized spacial score (nSPS) is 28.5. The fraction of sp³-hybridized carbons (Fsp3) is 0.475. The van der Waals surface area contributed by atoms with Crippen LogP contribution >= 0.6 is 0 Å². The second-order valence-corrected chi connectivity index (χ2v) is 22.1. The first-order valence-electron chi connectivity index (χ1n) is 23.7. The standard InChI is InChI=1S/C57H65NO2.2CH3.Zr/c1-32(2)42-10-12-44(48-14-34(5)16-50(54(48)59)56-26-36-18-37(27-56)20-38(19-36)28-56)46(24-42)52-8-7-9-53(58-52)47-25-43(33(3)4)11-13-45(47)49-15-35(6)17-51(55(49)60)57-29-39-21-40(30-57)23-41(22-39)31-57;;;/h7-17,24-25,32-33,36-41,59-60H,18-23,26-31H2,1-6H3;2*1H3;/q;2*-1;+4/p-2. The summed E-state index contributed by atoms with van der Waals surface area (Å²) in [5.74, 6) is 5.72. The number of nitrogens with zero attached hydrogens (tertiary/aromatic N) is 1. The molecule has 0 atom stereocenters. The Morgan fingerprint density at radius 2 is 0.794 bits per heavy atom. The van der Waals surface area contributed by atoms with Crippen molar-refractivity contribution in [3.63, 3.8) is 0 Å². The first-order chi connectivity index (χ1) is 28.8. The number of hydrogen-bond acceptors (Lipinski definition) is 3. The summed E-state index contributed by atoms with van der Waals surface area (Å²) in [6, 6.07) is 28.6. The molecule has 8 aliphatic rings. The Morgan fingerprint density at radius 3 is 1.11 bits per heavy atom. The summed E-state index contributed by atoms with van der Waals surface area (Å²) in [5.41, 5.74) is 14.3.